The third-order valence-electron chi connectivity index (χ3n) is 1.63. The zero-order chi connectivity index (χ0) is 27.8. The zero-order valence-electron chi connectivity index (χ0n) is 27.1. The number of carbonyl (C=O) groups is 1. The second kappa shape index (κ2) is 4.95. The van der Waals surface area contributed by atoms with E-state index in [1.54, 1.807) is 0 Å². The van der Waals surface area contributed by atoms with Crippen LogP contribution in [0, 0.1) is 11.8 Å². The van der Waals surface area contributed by atoms with Crippen molar-refractivity contribution in [2.24, 2.45) is 11.8 Å². The van der Waals surface area contributed by atoms with E-state index in [0.29, 0.717) is 0 Å². The highest BCUT2D eigenvalue weighted by Crippen LogP contribution is 2.32. The van der Waals surface area contributed by atoms with Gasteiger partial charge in [0.2, 0.25) is 0 Å². The van der Waals surface area contributed by atoms with Crippen LogP contribution in [0.2, 0.25) is 0 Å². The van der Waals surface area contributed by atoms with Crippen LogP contribution < -0.4 is 0 Å². The van der Waals surface area contributed by atoms with E-state index in [2.05, 4.69) is 0 Å². The van der Waals surface area contributed by atoms with Crippen LogP contribution in [-0.4, -0.2) is 5.78 Å². The van der Waals surface area contributed by atoms with E-state index in [9.17, 15) is 4.79 Å². The molecule has 0 aliphatic heterocycles. The summed E-state index contributed by atoms with van der Waals surface area (Å²) in [4.78, 5) is 13.6. The number of hydrogen-bond acceptors (Lipinski definition) is 1. The van der Waals surface area contributed by atoms with Gasteiger partial charge in [0.25, 0.3) is 0 Å². The summed E-state index contributed by atoms with van der Waals surface area (Å²) in [6.07, 6.45) is -38.0. The highest BCUT2D eigenvalue weighted by atomic mass is 16.1. The minimum Gasteiger partial charge on any atom is -0.299 e. The second-order valence-electron chi connectivity index (χ2n) is 2.54. The van der Waals surface area contributed by atoms with E-state index >= 15 is 0 Å². The van der Waals surface area contributed by atoms with Gasteiger partial charge in [-0.2, -0.15) is 0 Å². The van der Waals surface area contributed by atoms with Crippen molar-refractivity contribution in [3.8, 4) is 0 Å². The molecule has 0 bridgehead atoms. The predicted molar refractivity (Wildman–Crippen MR) is 58.2 cm³/mol. The Bertz CT molecular complexity index is 870. The lowest BCUT2D eigenvalue weighted by atomic mass is 9.77. The highest BCUT2D eigenvalue weighted by Gasteiger charge is 2.28. The van der Waals surface area contributed by atoms with Gasteiger partial charge in [0, 0.05) is 39.2 Å². The number of hydrogen-bond donors (Lipinski definition) is 0. The minimum absolute atomic E-state index is 1.86. The summed E-state index contributed by atoms with van der Waals surface area (Å²) in [5, 5.41) is 0. The molecule has 80 valence electrons. The molecule has 0 radical (unpaired) electrons. The van der Waals surface area contributed by atoms with Crippen LogP contribution in [0.1, 0.15) is 91.2 Å². The van der Waals surface area contributed by atoms with E-state index in [0.717, 1.165) is 0 Å². The molecule has 1 heteroatoms. The lowest BCUT2D eigenvalue weighted by Gasteiger charge is -2.27. The predicted octanol–water partition coefficient (Wildman–Crippen LogP) is 3.72. The Morgan fingerprint density at radius 1 is 0.929 bits per heavy atom. The third-order valence-corrected chi connectivity index (χ3v) is 1.63. The molecule has 1 nitrogen and oxygen atoms in total. The molecule has 1 atom stereocenters. The summed E-state index contributed by atoms with van der Waals surface area (Å²) in [5.41, 5.74) is 0. The molecular formula is C13H22O. The van der Waals surface area contributed by atoms with Gasteiger partial charge in [-0.15, -0.1) is 0 Å². The normalized spacial score (nSPS) is 91.1. The van der Waals surface area contributed by atoms with Gasteiger partial charge in [-0.05, 0) is 25.5 Å². The first kappa shape index (κ1) is 1.83. The minimum atomic E-state index is -4.45. The second-order valence-corrected chi connectivity index (χ2v) is 2.54. The third kappa shape index (κ3) is 2.37. The lowest BCUT2D eigenvalue weighted by molar-refractivity contribution is -0.128. The van der Waals surface area contributed by atoms with Crippen molar-refractivity contribution in [1.82, 2.24) is 0 Å². The van der Waals surface area contributed by atoms with Gasteiger partial charge >= 0.3 is 0 Å². The summed E-state index contributed by atoms with van der Waals surface area (Å²) in [7, 11) is 0. The Morgan fingerprint density at radius 2 is 1.50 bits per heavy atom. The van der Waals surface area contributed by atoms with Gasteiger partial charge in [-0.25, -0.2) is 0 Å². The Hall–Kier alpha value is -0.330. The fourth-order valence-electron chi connectivity index (χ4n) is 0.979. The first-order valence-corrected chi connectivity index (χ1v) is 3.91. The average molecular weight is 214 g/mol. The van der Waals surface area contributed by atoms with Gasteiger partial charge in [0.05, 0.1) is 0 Å². The molecule has 1 unspecified atom stereocenters. The van der Waals surface area contributed by atoms with Crippen LogP contribution in [0.15, 0.2) is 0 Å². The van der Waals surface area contributed by atoms with Crippen LogP contribution in [0.25, 0.3) is 0 Å². The Morgan fingerprint density at radius 3 is 2.21 bits per heavy atom. The van der Waals surface area contributed by atoms with E-state index in [-0.39, 0.29) is 0 Å². The molecule has 2 fully saturated rings. The van der Waals surface area contributed by atoms with Crippen molar-refractivity contribution in [3.05, 3.63) is 0 Å². The fraction of sp³-hybridized carbons (Fsp3) is 0.923. The van der Waals surface area contributed by atoms with Crippen LogP contribution in [0.5, 0.6) is 0 Å². The molecule has 0 spiro atoms. The zero-order valence-corrected chi connectivity index (χ0v) is 7.12. The Balaban J connectivity index is 2.98. The molecule has 0 aromatic heterocycles. The summed E-state index contributed by atoms with van der Waals surface area (Å²) in [6, 6.07) is 0. The van der Waals surface area contributed by atoms with E-state index in [4.69, 9.17) is 27.4 Å². The van der Waals surface area contributed by atoms with Gasteiger partial charge in [0.15, 0.2) is 0 Å². The van der Waals surface area contributed by atoms with Crippen molar-refractivity contribution in [2.75, 3.05) is 0 Å². The molecule has 2 aliphatic carbocycles. The van der Waals surface area contributed by atoms with Crippen molar-refractivity contribution in [3.63, 3.8) is 0 Å². The van der Waals surface area contributed by atoms with Crippen molar-refractivity contribution >= 4 is 5.78 Å². The summed E-state index contributed by atoms with van der Waals surface area (Å²) in [5.74, 6) is -11.0. The van der Waals surface area contributed by atoms with E-state index in [1.807, 2.05) is 0 Å². The molecule has 0 N–H and O–H groups in total. The van der Waals surface area contributed by atoms with Gasteiger partial charge in [-0.1, -0.05) is 38.2 Å². The number of ketones is 1. The molecule has 2 aliphatic rings. The fourth-order valence-corrected chi connectivity index (χ4v) is 0.979. The standard InChI is InChI=1S/C13H22O/c14-13(11-7-3-1-4-8-11)12-9-5-2-6-10-12/h11-12H,1-10H2/i1D2,2D2,3D2,4D2,5D2,6D2,7D2,8D2,9D2,11D,12D. The maximum absolute atomic E-state index is 13.6. The first-order chi connectivity index (χ1) is 14.4. The average Bonchev–Trinajstić information content (AvgIpc) is 2.62. The summed E-state index contributed by atoms with van der Waals surface area (Å²) >= 11 is 0. The smallest absolute Gasteiger partial charge is 0.139 e. The van der Waals surface area contributed by atoms with Crippen LogP contribution in [-0.2, 0) is 4.79 Å². The summed E-state index contributed by atoms with van der Waals surface area (Å²) in [6.45, 7) is 0. The summed E-state index contributed by atoms with van der Waals surface area (Å²) < 4.78 is 159. The van der Waals surface area contributed by atoms with Crippen LogP contribution >= 0.6 is 0 Å². The Kier molecular flexibility index (Phi) is 0.646. The number of Topliss-reactive ketones (excluding diaryl/α,β-unsaturated/α-hetero) is 1. The van der Waals surface area contributed by atoms with Gasteiger partial charge in [-0.3, -0.25) is 4.79 Å². The van der Waals surface area contributed by atoms with E-state index in [1.165, 1.54) is 0 Å². The molecule has 0 saturated heterocycles. The quantitative estimate of drug-likeness (QED) is 0.685. The van der Waals surface area contributed by atoms with Crippen LogP contribution in [0.3, 0.4) is 0 Å². The first-order valence-electron chi connectivity index (χ1n) is 13.9. The molecule has 0 aromatic carbocycles. The highest BCUT2D eigenvalue weighted by molar-refractivity contribution is 5.83. The largest absolute Gasteiger partial charge is 0.299 e. The van der Waals surface area contributed by atoms with Crippen molar-refractivity contribution in [2.45, 2.75) is 63.8 Å². The Labute approximate surface area is 115 Å². The van der Waals surface area contributed by atoms with Gasteiger partial charge < -0.3 is 0 Å². The topological polar surface area (TPSA) is 17.1 Å². The molecule has 0 heterocycles. The maximum atomic E-state index is 13.6. The molecule has 2 saturated carbocycles. The molecule has 2 rings (SSSR count). The van der Waals surface area contributed by atoms with E-state index < -0.39 is 81.3 Å². The molecule has 14 heavy (non-hydrogen) atoms. The van der Waals surface area contributed by atoms with Crippen molar-refractivity contribution in [1.29, 1.82) is 0 Å². The molecule has 0 aromatic rings. The SMILES string of the molecule is [2H]C1([2H])CC([2H])(C(=O)C2([2H])C([2H])([2H])C([2H])([2H])C([2H])([2H])C([2H])([2H])C2([2H])[2H])C([2H])([2H])C([2H])([2H])C1([2H])[2H]. The van der Waals surface area contributed by atoms with Crippen molar-refractivity contribution < 1.29 is 32.2 Å². The number of carbonyl (C=O) groups excluding carboxylic acids is 1. The van der Waals surface area contributed by atoms with Gasteiger partial charge in [0.1, 0.15) is 5.78 Å². The van der Waals surface area contributed by atoms with Crippen LogP contribution in [0.4, 0.5) is 0 Å². The molecule has 0 amide bonds. The monoisotopic (exact) mass is 214 g/mol. The molecular weight excluding hydrogens is 172 g/mol. The maximum Gasteiger partial charge on any atom is 0.139 e. The number of rotatable bonds is 2. The lowest BCUT2D eigenvalue weighted by Crippen LogP contribution is -2.27.